The standard InChI is InChI=1S/C23H21N5O4.C19H16N8O4.C18H20N6O4/c1-27-19(11-18(26-27)14-6-4-3-5-7-14)23(21(30)24-22(31)25-23)13-28-12-15-8-9-16(32-2)10-17(15)20(28)29;1-31-12-3-2-11-8-26(16(28)13(11)6-12)10-19(17(29)22-18(30)23-19)14-9-27(25-24-14)15-7-20-4-5-21-15;1-10(2)24-19-7-14(22-24)18(16(26)20-17(27)21-18)9-23-8-11-4-5-12(28-3)6-13(11)15(23)25/h3-11H,12-13H2,1-2H3,(H2,24,25,30,31);2-7,9H,8,10H2,1H3,(H2,22,23,29,30);4-7,10H,8-9H2,1-3H3,(H2,20,21,26,27)/t23-;19-;18-/m000/s1. The van der Waals surface area contributed by atoms with Gasteiger partial charge in [0.05, 0.1) is 77.0 Å². The number of hydrogen-bond acceptors (Lipinski definition) is 19. The van der Waals surface area contributed by atoms with E-state index in [0.717, 1.165) is 22.3 Å². The predicted molar refractivity (Wildman–Crippen MR) is 314 cm³/mol. The van der Waals surface area contributed by atoms with Crippen LogP contribution >= 0.6 is 0 Å². The van der Waals surface area contributed by atoms with Crippen LogP contribution in [0.3, 0.4) is 0 Å². The Morgan fingerprint density at radius 2 is 1.02 bits per heavy atom. The number of nitrogens with one attached hydrogen (secondary N) is 6. The molecule has 31 nitrogen and oxygen atoms in total. The third-order valence-electron chi connectivity index (χ3n) is 16.2. The van der Waals surface area contributed by atoms with E-state index < -0.39 is 52.4 Å². The topological polar surface area (TPSA) is 368 Å². The zero-order valence-electron chi connectivity index (χ0n) is 49.6. The molecule has 3 atom stereocenters. The van der Waals surface area contributed by atoms with Crippen molar-refractivity contribution in [3.63, 3.8) is 0 Å². The molecule has 6 aliphatic heterocycles. The SMILES string of the molecule is COc1ccc2c(c1)C(=O)N(C[C@@]1(c3cc(-c4ccccc4)nn3C)NC(=O)NC1=O)C2.COc1ccc2c(c1)C(=O)N(C[C@@]1(c3cn(-c4cnccn4)nn3)NC(=O)NC1=O)C2.COc1ccc2c(c1)C(=O)N(C[C@@]1(c3cnn(C(C)C)n3)NC(=O)NC1=O)C2. The lowest BCUT2D eigenvalue weighted by Gasteiger charge is -2.30. The van der Waals surface area contributed by atoms with E-state index in [-0.39, 0.29) is 61.3 Å². The van der Waals surface area contributed by atoms with Crippen LogP contribution in [-0.2, 0) is 57.7 Å². The molecule has 31 heteroatoms. The lowest BCUT2D eigenvalue weighted by atomic mass is 9.93. The van der Waals surface area contributed by atoms with Crippen LogP contribution in [0, 0.1) is 0 Å². The zero-order chi connectivity index (χ0) is 64.1. The van der Waals surface area contributed by atoms with Gasteiger partial charge in [0.15, 0.2) is 22.4 Å². The second-order valence-corrected chi connectivity index (χ2v) is 22.2. The van der Waals surface area contributed by atoms with Crippen LogP contribution in [0.2, 0.25) is 0 Å². The molecule has 0 aliphatic carbocycles. The summed E-state index contributed by atoms with van der Waals surface area (Å²) in [6.07, 6.45) is 7.41. The number of amides is 12. The summed E-state index contributed by atoms with van der Waals surface area (Å²) in [6.45, 7) is 4.51. The fourth-order valence-electron chi connectivity index (χ4n) is 11.6. The van der Waals surface area contributed by atoms with Crippen LogP contribution in [0.25, 0.3) is 17.1 Å². The van der Waals surface area contributed by atoms with Crippen LogP contribution in [0.1, 0.15) is 84.7 Å². The van der Waals surface area contributed by atoms with Crippen molar-refractivity contribution in [2.24, 2.45) is 7.05 Å². The Morgan fingerprint density at radius 1 is 0.549 bits per heavy atom. The van der Waals surface area contributed by atoms with Gasteiger partial charge >= 0.3 is 18.1 Å². The Bertz CT molecular complexity index is 4300. The number of methoxy groups -OCH3 is 3. The number of carbonyl (C=O) groups is 9. The highest BCUT2D eigenvalue weighted by atomic mass is 16.5. The molecular weight excluding hydrogens is 1180 g/mol. The molecule has 464 valence electrons. The Kier molecular flexibility index (Phi) is 15.2. The molecule has 4 aromatic carbocycles. The second-order valence-electron chi connectivity index (χ2n) is 22.2. The summed E-state index contributed by atoms with van der Waals surface area (Å²) in [6, 6.07) is 25.2. The molecule has 91 heavy (non-hydrogen) atoms. The van der Waals surface area contributed by atoms with Gasteiger partial charge in [0, 0.05) is 61.3 Å². The van der Waals surface area contributed by atoms with E-state index in [9.17, 15) is 43.2 Å². The van der Waals surface area contributed by atoms with Gasteiger partial charge in [-0.1, -0.05) is 53.7 Å². The molecule has 0 unspecified atom stereocenters. The number of benzene rings is 4. The third kappa shape index (κ3) is 10.7. The monoisotopic (exact) mass is 1240 g/mol. The number of aryl methyl sites for hydroxylation is 1. The van der Waals surface area contributed by atoms with Crippen molar-refractivity contribution >= 4 is 53.5 Å². The summed E-state index contributed by atoms with van der Waals surface area (Å²) >= 11 is 0. The number of imide groups is 3. The first-order valence-electron chi connectivity index (χ1n) is 28.3. The minimum Gasteiger partial charge on any atom is -0.497 e. The molecule has 6 N–H and O–H groups in total. The molecule has 12 amide bonds. The number of urea groups is 3. The van der Waals surface area contributed by atoms with E-state index in [0.29, 0.717) is 64.2 Å². The maximum Gasteiger partial charge on any atom is 0.322 e. The average Bonchev–Trinajstić information content (AvgIpc) is 1.63. The molecule has 8 aromatic rings. The molecule has 10 heterocycles. The first-order chi connectivity index (χ1) is 43.7. The summed E-state index contributed by atoms with van der Waals surface area (Å²) in [4.78, 5) is 128. The Balaban J connectivity index is 0.000000132. The van der Waals surface area contributed by atoms with E-state index in [2.05, 4.69) is 67.5 Å². The van der Waals surface area contributed by atoms with Gasteiger partial charge in [0.2, 0.25) is 0 Å². The summed E-state index contributed by atoms with van der Waals surface area (Å²) in [7, 11) is 6.31. The number of nitrogens with zero attached hydrogens (tertiary/aromatic N) is 13. The molecule has 6 aliphatic rings. The van der Waals surface area contributed by atoms with Gasteiger partial charge in [-0.05, 0) is 73.0 Å². The van der Waals surface area contributed by atoms with E-state index in [1.165, 1.54) is 64.5 Å². The van der Waals surface area contributed by atoms with Crippen LogP contribution in [0.5, 0.6) is 17.2 Å². The third-order valence-corrected chi connectivity index (χ3v) is 16.2. The first-order valence-corrected chi connectivity index (χ1v) is 28.3. The van der Waals surface area contributed by atoms with E-state index in [4.69, 9.17) is 14.2 Å². The summed E-state index contributed by atoms with van der Waals surface area (Å²) in [5.74, 6) is -0.332. The van der Waals surface area contributed by atoms with Crippen LogP contribution in [0.15, 0.2) is 122 Å². The van der Waals surface area contributed by atoms with Crippen LogP contribution in [-0.4, -0.2) is 159 Å². The van der Waals surface area contributed by atoms with Gasteiger partial charge in [0.1, 0.15) is 28.6 Å². The molecule has 3 fully saturated rings. The lowest BCUT2D eigenvalue weighted by Crippen LogP contribution is -2.53. The van der Waals surface area contributed by atoms with Gasteiger partial charge in [0.25, 0.3) is 35.4 Å². The summed E-state index contributed by atoms with van der Waals surface area (Å²) in [5.41, 5.74) is 1.93. The fraction of sp³-hybridized carbons (Fsp3) is 0.267. The zero-order valence-corrected chi connectivity index (χ0v) is 49.6. The van der Waals surface area contributed by atoms with E-state index in [1.807, 2.05) is 56.3 Å². The number of rotatable bonds is 15. The van der Waals surface area contributed by atoms with Gasteiger partial charge in [-0.15, -0.1) is 5.10 Å². The number of hydrogen-bond donors (Lipinski definition) is 6. The van der Waals surface area contributed by atoms with Crippen molar-refractivity contribution in [3.05, 3.63) is 172 Å². The van der Waals surface area contributed by atoms with Crippen molar-refractivity contribution in [3.8, 4) is 34.3 Å². The van der Waals surface area contributed by atoms with Gasteiger partial charge in [-0.3, -0.25) is 54.4 Å². The highest BCUT2D eigenvalue weighted by molar-refractivity contribution is 6.10. The minimum atomic E-state index is -1.60. The molecule has 0 spiro atoms. The smallest absolute Gasteiger partial charge is 0.322 e. The molecule has 3 saturated heterocycles. The largest absolute Gasteiger partial charge is 0.497 e. The Morgan fingerprint density at radius 3 is 1.45 bits per heavy atom. The molecule has 0 radical (unpaired) electrons. The highest BCUT2D eigenvalue weighted by Crippen LogP contribution is 2.37. The first kappa shape index (κ1) is 59.4. The fourth-order valence-corrected chi connectivity index (χ4v) is 11.6. The maximum absolute atomic E-state index is 13.1. The summed E-state index contributed by atoms with van der Waals surface area (Å²) < 4.78 is 18.5. The minimum absolute atomic E-state index is 0.0175. The molecule has 4 aromatic heterocycles. The molecule has 14 rings (SSSR count). The lowest BCUT2D eigenvalue weighted by molar-refractivity contribution is -0.125. The van der Waals surface area contributed by atoms with Crippen molar-refractivity contribution in [2.75, 3.05) is 41.0 Å². The Labute approximate surface area is 516 Å². The number of fused-ring (bicyclic) bond motifs is 3. The van der Waals surface area contributed by atoms with Gasteiger partial charge < -0.3 is 44.9 Å². The van der Waals surface area contributed by atoms with E-state index >= 15 is 0 Å². The predicted octanol–water partition coefficient (Wildman–Crippen LogP) is 2.10. The normalized spacial score (nSPS) is 20.2. The second kappa shape index (κ2) is 23.3. The maximum atomic E-state index is 13.1. The quantitative estimate of drug-likeness (QED) is 0.0800. The highest BCUT2D eigenvalue weighted by Gasteiger charge is 2.55. The van der Waals surface area contributed by atoms with Crippen molar-refractivity contribution in [1.82, 2.24) is 96.3 Å². The number of aromatic nitrogens is 10. The number of carbonyl (C=O) groups excluding carboxylic acids is 9. The Hall–Kier alpha value is -11.9. The molecular formula is C60H57N19O12. The summed E-state index contributed by atoms with van der Waals surface area (Å²) in [5, 5.41) is 36.0. The van der Waals surface area contributed by atoms with Crippen molar-refractivity contribution in [2.45, 2.75) is 56.1 Å². The van der Waals surface area contributed by atoms with Gasteiger partial charge in [-0.2, -0.15) is 20.1 Å². The molecule has 0 saturated carbocycles. The van der Waals surface area contributed by atoms with Crippen LogP contribution in [0.4, 0.5) is 14.4 Å². The number of ether oxygens (including phenoxy) is 3. The van der Waals surface area contributed by atoms with Crippen molar-refractivity contribution in [1.29, 1.82) is 0 Å². The molecule has 0 bridgehead atoms. The van der Waals surface area contributed by atoms with Crippen molar-refractivity contribution < 1.29 is 57.4 Å². The van der Waals surface area contributed by atoms with E-state index in [1.54, 1.807) is 72.3 Å². The van der Waals surface area contributed by atoms with Crippen LogP contribution < -0.4 is 46.1 Å². The average molecular weight is 1240 g/mol. The van der Waals surface area contributed by atoms with Gasteiger partial charge in [-0.25, -0.2) is 24.0 Å².